The van der Waals surface area contributed by atoms with Crippen molar-refractivity contribution in [1.29, 1.82) is 0 Å². The first-order valence-electron chi connectivity index (χ1n) is 6.72. The number of nitrogens with zero attached hydrogens (tertiary/aromatic N) is 1. The molecule has 102 valence electrons. The van der Waals surface area contributed by atoms with Gasteiger partial charge in [-0.3, -0.25) is 4.90 Å². The standard InChI is InChI=1S/C13H28N2O2/c1-4-17-12-5-8-15(9-6-12)13(2,11-14)7-10-16-3/h12H,4-11,14H2,1-3H3. The lowest BCUT2D eigenvalue weighted by Crippen LogP contribution is -2.55. The van der Waals surface area contributed by atoms with Crippen molar-refractivity contribution in [3.05, 3.63) is 0 Å². The van der Waals surface area contributed by atoms with Gasteiger partial charge in [-0.15, -0.1) is 0 Å². The fourth-order valence-corrected chi connectivity index (χ4v) is 2.51. The molecule has 0 amide bonds. The van der Waals surface area contributed by atoms with Crippen LogP contribution in [0.5, 0.6) is 0 Å². The summed E-state index contributed by atoms with van der Waals surface area (Å²) in [4.78, 5) is 2.50. The molecule has 1 unspecified atom stereocenters. The minimum absolute atomic E-state index is 0.0766. The molecule has 1 atom stereocenters. The van der Waals surface area contributed by atoms with Gasteiger partial charge in [-0.25, -0.2) is 0 Å². The summed E-state index contributed by atoms with van der Waals surface area (Å²) in [5.41, 5.74) is 6.02. The number of rotatable bonds is 7. The van der Waals surface area contributed by atoms with Crippen LogP contribution in [0.4, 0.5) is 0 Å². The highest BCUT2D eigenvalue weighted by molar-refractivity contribution is 4.90. The Morgan fingerprint density at radius 2 is 2.00 bits per heavy atom. The van der Waals surface area contributed by atoms with Crippen LogP contribution in [0.25, 0.3) is 0 Å². The summed E-state index contributed by atoms with van der Waals surface area (Å²) in [5, 5.41) is 0. The van der Waals surface area contributed by atoms with Gasteiger partial charge in [-0.2, -0.15) is 0 Å². The minimum Gasteiger partial charge on any atom is -0.385 e. The maximum Gasteiger partial charge on any atom is 0.0599 e. The van der Waals surface area contributed by atoms with Gasteiger partial charge in [0.05, 0.1) is 6.10 Å². The molecule has 0 aromatic rings. The van der Waals surface area contributed by atoms with Crippen LogP contribution in [0.15, 0.2) is 0 Å². The molecule has 1 saturated heterocycles. The lowest BCUT2D eigenvalue weighted by molar-refractivity contribution is -0.0208. The Balaban J connectivity index is 2.43. The molecule has 0 spiro atoms. The molecule has 0 aliphatic carbocycles. The van der Waals surface area contributed by atoms with Gasteiger partial charge in [0.15, 0.2) is 0 Å². The van der Waals surface area contributed by atoms with E-state index in [2.05, 4.69) is 18.7 Å². The Labute approximate surface area is 105 Å². The van der Waals surface area contributed by atoms with Crippen molar-refractivity contribution >= 4 is 0 Å². The zero-order chi connectivity index (χ0) is 12.7. The second-order valence-corrected chi connectivity index (χ2v) is 5.09. The Bertz CT molecular complexity index is 206. The van der Waals surface area contributed by atoms with Crippen molar-refractivity contribution in [3.63, 3.8) is 0 Å². The fraction of sp³-hybridized carbons (Fsp3) is 1.00. The Morgan fingerprint density at radius 3 is 2.47 bits per heavy atom. The van der Waals surface area contributed by atoms with Crippen LogP contribution < -0.4 is 5.73 Å². The van der Waals surface area contributed by atoms with E-state index in [1.54, 1.807) is 7.11 Å². The summed E-state index contributed by atoms with van der Waals surface area (Å²) in [6, 6.07) is 0. The van der Waals surface area contributed by atoms with E-state index in [0.717, 1.165) is 45.6 Å². The summed E-state index contributed by atoms with van der Waals surface area (Å²) in [7, 11) is 1.75. The van der Waals surface area contributed by atoms with Gasteiger partial charge < -0.3 is 15.2 Å². The maximum absolute atomic E-state index is 5.94. The van der Waals surface area contributed by atoms with Crippen LogP contribution in [0.1, 0.15) is 33.1 Å². The van der Waals surface area contributed by atoms with E-state index in [1.165, 1.54) is 0 Å². The predicted octanol–water partition coefficient (Wildman–Crippen LogP) is 1.24. The van der Waals surface area contributed by atoms with E-state index < -0.39 is 0 Å². The number of nitrogens with two attached hydrogens (primary N) is 1. The molecular weight excluding hydrogens is 216 g/mol. The third-order valence-corrected chi connectivity index (χ3v) is 3.89. The highest BCUT2D eigenvalue weighted by atomic mass is 16.5. The first-order chi connectivity index (χ1) is 8.16. The smallest absolute Gasteiger partial charge is 0.0599 e. The number of piperidine rings is 1. The Morgan fingerprint density at radius 1 is 1.35 bits per heavy atom. The maximum atomic E-state index is 5.94. The van der Waals surface area contributed by atoms with Crippen LogP contribution in [0.2, 0.25) is 0 Å². The summed E-state index contributed by atoms with van der Waals surface area (Å²) >= 11 is 0. The summed E-state index contributed by atoms with van der Waals surface area (Å²) in [6.45, 7) is 8.77. The van der Waals surface area contributed by atoms with Gasteiger partial charge in [-0.1, -0.05) is 0 Å². The molecular formula is C13H28N2O2. The predicted molar refractivity (Wildman–Crippen MR) is 70.2 cm³/mol. The van der Waals surface area contributed by atoms with Crippen LogP contribution in [0.3, 0.4) is 0 Å². The number of ether oxygens (including phenoxy) is 2. The highest BCUT2D eigenvalue weighted by Crippen LogP contribution is 2.24. The third-order valence-electron chi connectivity index (χ3n) is 3.89. The van der Waals surface area contributed by atoms with Crippen LogP contribution in [-0.2, 0) is 9.47 Å². The topological polar surface area (TPSA) is 47.7 Å². The molecule has 17 heavy (non-hydrogen) atoms. The van der Waals surface area contributed by atoms with Gasteiger partial charge >= 0.3 is 0 Å². The van der Waals surface area contributed by atoms with Crippen molar-refractivity contribution in [2.45, 2.75) is 44.8 Å². The molecule has 0 aromatic heterocycles. The SMILES string of the molecule is CCOC1CCN(C(C)(CN)CCOC)CC1. The van der Waals surface area contributed by atoms with Crippen LogP contribution in [0, 0.1) is 0 Å². The van der Waals surface area contributed by atoms with E-state index in [4.69, 9.17) is 15.2 Å². The van der Waals surface area contributed by atoms with Gasteiger partial charge in [0, 0.05) is 45.5 Å². The summed E-state index contributed by atoms with van der Waals surface area (Å²) in [5.74, 6) is 0. The number of hydrogen-bond donors (Lipinski definition) is 1. The molecule has 1 fully saturated rings. The van der Waals surface area contributed by atoms with Gasteiger partial charge in [-0.05, 0) is 33.1 Å². The van der Waals surface area contributed by atoms with Crippen molar-refractivity contribution < 1.29 is 9.47 Å². The number of likely N-dealkylation sites (tertiary alicyclic amines) is 1. The first-order valence-corrected chi connectivity index (χ1v) is 6.72. The zero-order valence-electron chi connectivity index (χ0n) is 11.6. The fourth-order valence-electron chi connectivity index (χ4n) is 2.51. The third kappa shape index (κ3) is 4.21. The molecule has 0 aromatic carbocycles. The first kappa shape index (κ1) is 14.9. The second-order valence-electron chi connectivity index (χ2n) is 5.09. The molecule has 0 bridgehead atoms. The van der Waals surface area contributed by atoms with E-state index in [1.807, 2.05) is 0 Å². The van der Waals surface area contributed by atoms with Gasteiger partial charge in [0.1, 0.15) is 0 Å². The molecule has 2 N–H and O–H groups in total. The molecule has 4 heteroatoms. The average molecular weight is 244 g/mol. The van der Waals surface area contributed by atoms with E-state index in [-0.39, 0.29) is 5.54 Å². The van der Waals surface area contributed by atoms with Crippen molar-refractivity contribution in [3.8, 4) is 0 Å². The molecule has 4 nitrogen and oxygen atoms in total. The largest absolute Gasteiger partial charge is 0.385 e. The van der Waals surface area contributed by atoms with E-state index in [0.29, 0.717) is 12.6 Å². The highest BCUT2D eigenvalue weighted by Gasteiger charge is 2.33. The summed E-state index contributed by atoms with van der Waals surface area (Å²) < 4.78 is 10.9. The molecule has 1 heterocycles. The Hall–Kier alpha value is -0.160. The molecule has 1 rings (SSSR count). The molecule has 0 radical (unpaired) electrons. The molecule has 0 saturated carbocycles. The van der Waals surface area contributed by atoms with E-state index >= 15 is 0 Å². The van der Waals surface area contributed by atoms with E-state index in [9.17, 15) is 0 Å². The lowest BCUT2D eigenvalue weighted by atomic mass is 9.92. The van der Waals surface area contributed by atoms with Gasteiger partial charge in [0.25, 0.3) is 0 Å². The number of hydrogen-bond acceptors (Lipinski definition) is 4. The normalized spacial score (nSPS) is 22.6. The quantitative estimate of drug-likeness (QED) is 0.732. The number of methoxy groups -OCH3 is 1. The van der Waals surface area contributed by atoms with Crippen LogP contribution in [-0.4, -0.2) is 56.5 Å². The molecule has 1 aliphatic heterocycles. The Kier molecular flexibility index (Phi) is 6.41. The van der Waals surface area contributed by atoms with Crippen molar-refractivity contribution in [1.82, 2.24) is 4.90 Å². The lowest BCUT2D eigenvalue weighted by Gasteiger charge is -2.44. The monoisotopic (exact) mass is 244 g/mol. The van der Waals surface area contributed by atoms with Crippen molar-refractivity contribution in [2.75, 3.05) is 40.0 Å². The van der Waals surface area contributed by atoms with Crippen LogP contribution >= 0.6 is 0 Å². The minimum atomic E-state index is 0.0766. The van der Waals surface area contributed by atoms with Gasteiger partial charge in [0.2, 0.25) is 0 Å². The average Bonchev–Trinajstić information content (AvgIpc) is 2.37. The van der Waals surface area contributed by atoms with Crippen molar-refractivity contribution in [2.24, 2.45) is 5.73 Å². The second kappa shape index (κ2) is 7.31. The zero-order valence-corrected chi connectivity index (χ0v) is 11.6. The summed E-state index contributed by atoms with van der Waals surface area (Å²) in [6.07, 6.45) is 3.69. The molecule has 1 aliphatic rings.